The minimum Gasteiger partial charge on any atom is -0.494 e. The average molecular weight is 347 g/mol. The predicted molar refractivity (Wildman–Crippen MR) is 91.5 cm³/mol. The molecular weight excluding hydrogens is 328 g/mol. The summed E-state index contributed by atoms with van der Waals surface area (Å²) in [5.41, 5.74) is 1.13. The lowest BCUT2D eigenvalue weighted by Crippen LogP contribution is -2.24. The van der Waals surface area contributed by atoms with Crippen LogP contribution in [0.5, 0.6) is 11.5 Å². The van der Waals surface area contributed by atoms with Gasteiger partial charge in [0, 0.05) is 6.08 Å². The van der Waals surface area contributed by atoms with Gasteiger partial charge in [-0.15, -0.1) is 0 Å². The largest absolute Gasteiger partial charge is 0.494 e. The highest BCUT2D eigenvalue weighted by atomic mass is 19.1. The molecule has 0 aliphatic heterocycles. The Labute approximate surface area is 145 Å². The van der Waals surface area contributed by atoms with Crippen molar-refractivity contribution in [2.24, 2.45) is 0 Å². The minimum absolute atomic E-state index is 0.136. The quantitative estimate of drug-likeness (QED) is 0.807. The number of nitrogens with one attached hydrogen (secondary N) is 1. The van der Waals surface area contributed by atoms with E-state index in [4.69, 9.17) is 9.47 Å². The molecule has 0 fully saturated rings. The number of hydrogen-bond donors (Lipinski definition) is 1. The van der Waals surface area contributed by atoms with E-state index in [1.54, 1.807) is 19.1 Å². The van der Waals surface area contributed by atoms with Gasteiger partial charge >= 0.3 is 0 Å². The van der Waals surface area contributed by atoms with Crippen molar-refractivity contribution in [3.8, 4) is 11.5 Å². The van der Waals surface area contributed by atoms with Crippen LogP contribution in [0.1, 0.15) is 24.1 Å². The van der Waals surface area contributed by atoms with Gasteiger partial charge in [0.25, 0.3) is 0 Å². The molecule has 0 spiro atoms. The molecule has 1 N–H and O–H groups in total. The fraction of sp³-hybridized carbons (Fsp3) is 0.211. The molecule has 0 aromatic heterocycles. The van der Waals surface area contributed by atoms with Crippen LogP contribution in [0.4, 0.5) is 8.78 Å². The summed E-state index contributed by atoms with van der Waals surface area (Å²) in [7, 11) is 2.76. The molecule has 2 aromatic rings. The molecule has 0 radical (unpaired) electrons. The molecule has 0 saturated carbocycles. The van der Waals surface area contributed by atoms with Crippen LogP contribution in [0.15, 0.2) is 42.5 Å². The van der Waals surface area contributed by atoms with Gasteiger partial charge in [-0.05, 0) is 48.4 Å². The van der Waals surface area contributed by atoms with E-state index in [0.717, 1.165) is 0 Å². The van der Waals surface area contributed by atoms with Crippen molar-refractivity contribution in [3.05, 3.63) is 65.2 Å². The van der Waals surface area contributed by atoms with Gasteiger partial charge in [0.15, 0.2) is 23.1 Å². The highest BCUT2D eigenvalue weighted by molar-refractivity contribution is 5.92. The number of halogens is 2. The molecule has 1 atom stereocenters. The number of carbonyl (C=O) groups is 1. The number of rotatable bonds is 6. The summed E-state index contributed by atoms with van der Waals surface area (Å²) in [5.74, 6) is -1.10. The highest BCUT2D eigenvalue weighted by Crippen LogP contribution is 2.22. The van der Waals surface area contributed by atoms with Gasteiger partial charge < -0.3 is 14.8 Å². The van der Waals surface area contributed by atoms with Gasteiger partial charge in [-0.1, -0.05) is 12.1 Å². The second kappa shape index (κ2) is 8.28. The molecule has 6 heteroatoms. The van der Waals surface area contributed by atoms with E-state index < -0.39 is 17.7 Å². The summed E-state index contributed by atoms with van der Waals surface area (Å²) >= 11 is 0. The van der Waals surface area contributed by atoms with Crippen LogP contribution in [-0.4, -0.2) is 20.1 Å². The van der Waals surface area contributed by atoms with E-state index in [1.807, 2.05) is 0 Å². The van der Waals surface area contributed by atoms with Gasteiger partial charge in [0.05, 0.1) is 20.3 Å². The van der Waals surface area contributed by atoms with Gasteiger partial charge in [-0.2, -0.15) is 0 Å². The lowest BCUT2D eigenvalue weighted by atomic mass is 10.1. The summed E-state index contributed by atoms with van der Waals surface area (Å²) in [4.78, 5) is 12.0. The molecule has 0 saturated heterocycles. The molecule has 0 heterocycles. The van der Waals surface area contributed by atoms with Crippen molar-refractivity contribution in [2.75, 3.05) is 14.2 Å². The highest BCUT2D eigenvalue weighted by Gasteiger charge is 2.11. The Hall–Kier alpha value is -2.89. The third-order valence-corrected chi connectivity index (χ3v) is 3.64. The van der Waals surface area contributed by atoms with E-state index in [2.05, 4.69) is 5.32 Å². The van der Waals surface area contributed by atoms with Crippen LogP contribution < -0.4 is 14.8 Å². The zero-order valence-corrected chi connectivity index (χ0v) is 14.2. The van der Waals surface area contributed by atoms with Crippen molar-refractivity contribution >= 4 is 12.0 Å². The Morgan fingerprint density at radius 3 is 2.20 bits per heavy atom. The molecule has 1 amide bonds. The van der Waals surface area contributed by atoms with Crippen LogP contribution in [0.2, 0.25) is 0 Å². The number of carbonyl (C=O) groups excluding carboxylic acids is 1. The van der Waals surface area contributed by atoms with Crippen molar-refractivity contribution in [2.45, 2.75) is 13.0 Å². The summed E-state index contributed by atoms with van der Waals surface area (Å²) in [6.07, 6.45) is 2.77. The smallest absolute Gasteiger partial charge is 0.244 e. The van der Waals surface area contributed by atoms with Gasteiger partial charge in [0.2, 0.25) is 5.91 Å². The van der Waals surface area contributed by atoms with E-state index in [0.29, 0.717) is 11.1 Å². The van der Waals surface area contributed by atoms with E-state index in [9.17, 15) is 13.6 Å². The third-order valence-electron chi connectivity index (χ3n) is 3.64. The van der Waals surface area contributed by atoms with Gasteiger partial charge in [0.1, 0.15) is 0 Å². The Bertz CT molecular complexity index is 790. The second-order valence-electron chi connectivity index (χ2n) is 5.35. The minimum atomic E-state index is -0.507. The van der Waals surface area contributed by atoms with Crippen molar-refractivity contribution in [1.82, 2.24) is 5.32 Å². The number of methoxy groups -OCH3 is 2. The van der Waals surface area contributed by atoms with Crippen molar-refractivity contribution in [3.63, 3.8) is 0 Å². The maximum atomic E-state index is 13.7. The van der Waals surface area contributed by atoms with Gasteiger partial charge in [-0.3, -0.25) is 4.79 Å². The molecule has 25 heavy (non-hydrogen) atoms. The Morgan fingerprint density at radius 2 is 1.64 bits per heavy atom. The standard InChI is InChI=1S/C19H19F2NO3/c1-12(14-6-8-18(25-3)16(21)11-14)22-19(23)9-5-13-4-7-17(24-2)15(20)10-13/h4-12H,1-3H3,(H,22,23)/b9-5+/t12-/m0/s1. The first-order valence-corrected chi connectivity index (χ1v) is 7.60. The molecular formula is C19H19F2NO3. The van der Waals surface area contributed by atoms with E-state index in [-0.39, 0.29) is 17.4 Å². The van der Waals surface area contributed by atoms with Crippen LogP contribution in [-0.2, 0) is 4.79 Å². The summed E-state index contributed by atoms with van der Waals surface area (Å²) in [6, 6.07) is 8.48. The van der Waals surface area contributed by atoms with E-state index in [1.165, 1.54) is 50.6 Å². The first-order valence-electron chi connectivity index (χ1n) is 7.60. The molecule has 132 valence electrons. The lowest BCUT2D eigenvalue weighted by Gasteiger charge is -2.14. The predicted octanol–water partition coefficient (Wildman–Crippen LogP) is 3.87. The summed E-state index contributed by atoms with van der Waals surface area (Å²) < 4.78 is 37.0. The Morgan fingerprint density at radius 1 is 1.04 bits per heavy atom. The fourth-order valence-electron chi connectivity index (χ4n) is 2.26. The first-order chi connectivity index (χ1) is 11.9. The fourth-order valence-corrected chi connectivity index (χ4v) is 2.26. The maximum Gasteiger partial charge on any atom is 0.244 e. The van der Waals surface area contributed by atoms with E-state index >= 15 is 0 Å². The van der Waals surface area contributed by atoms with Crippen molar-refractivity contribution < 1.29 is 23.0 Å². The first kappa shape index (κ1) is 18.4. The van der Waals surface area contributed by atoms with Crippen LogP contribution in [0.3, 0.4) is 0 Å². The van der Waals surface area contributed by atoms with Gasteiger partial charge in [-0.25, -0.2) is 8.78 Å². The number of amides is 1. The topological polar surface area (TPSA) is 47.6 Å². The number of ether oxygens (including phenoxy) is 2. The maximum absolute atomic E-state index is 13.7. The molecule has 4 nitrogen and oxygen atoms in total. The third kappa shape index (κ3) is 4.79. The number of hydrogen-bond acceptors (Lipinski definition) is 3. The van der Waals surface area contributed by atoms with Crippen LogP contribution in [0.25, 0.3) is 6.08 Å². The van der Waals surface area contributed by atoms with Crippen molar-refractivity contribution in [1.29, 1.82) is 0 Å². The normalized spacial score (nSPS) is 12.0. The molecule has 0 bridgehead atoms. The summed E-state index contributed by atoms with van der Waals surface area (Å²) in [6.45, 7) is 1.74. The number of benzene rings is 2. The molecule has 0 aliphatic rings. The summed E-state index contributed by atoms with van der Waals surface area (Å²) in [5, 5.41) is 2.72. The SMILES string of the molecule is COc1ccc(/C=C/C(=O)N[C@@H](C)c2ccc(OC)c(F)c2)cc1F. The molecule has 2 rings (SSSR count). The molecule has 0 aliphatic carbocycles. The Balaban J connectivity index is 2.01. The zero-order chi connectivity index (χ0) is 18.4. The average Bonchev–Trinajstić information content (AvgIpc) is 2.60. The zero-order valence-electron chi connectivity index (χ0n) is 14.2. The second-order valence-corrected chi connectivity index (χ2v) is 5.35. The van der Waals surface area contributed by atoms with Crippen LogP contribution >= 0.6 is 0 Å². The molecule has 2 aromatic carbocycles. The Kier molecular flexibility index (Phi) is 6.11. The molecule has 0 unspecified atom stereocenters. The van der Waals surface area contributed by atoms with Crippen LogP contribution in [0, 0.1) is 11.6 Å². The lowest BCUT2D eigenvalue weighted by molar-refractivity contribution is -0.117. The monoisotopic (exact) mass is 347 g/mol.